The van der Waals surface area contributed by atoms with Crippen LogP contribution in [-0.4, -0.2) is 13.1 Å². The van der Waals surface area contributed by atoms with Crippen molar-refractivity contribution in [1.82, 2.24) is 5.32 Å². The van der Waals surface area contributed by atoms with Gasteiger partial charge in [-0.3, -0.25) is 0 Å². The quantitative estimate of drug-likeness (QED) is 0.815. The first-order valence-corrected chi connectivity index (χ1v) is 7.11. The average molecular weight is 231 g/mol. The van der Waals surface area contributed by atoms with Gasteiger partial charge >= 0.3 is 0 Å². The van der Waals surface area contributed by atoms with Gasteiger partial charge in [0.1, 0.15) is 0 Å². The van der Waals surface area contributed by atoms with Gasteiger partial charge < -0.3 is 5.32 Å². The second-order valence-corrected chi connectivity index (χ2v) is 5.32. The molecule has 0 spiro atoms. The molecule has 1 unspecified atom stereocenters. The van der Waals surface area contributed by atoms with Crippen molar-refractivity contribution in [3.05, 3.63) is 35.4 Å². The summed E-state index contributed by atoms with van der Waals surface area (Å²) in [6, 6.07) is 9.08. The van der Waals surface area contributed by atoms with Crippen molar-refractivity contribution < 1.29 is 0 Å². The molecule has 1 aliphatic rings. The molecule has 17 heavy (non-hydrogen) atoms. The van der Waals surface area contributed by atoms with E-state index in [4.69, 9.17) is 0 Å². The summed E-state index contributed by atoms with van der Waals surface area (Å²) in [7, 11) is 0. The molecule has 0 aromatic heterocycles. The Morgan fingerprint density at radius 2 is 2.06 bits per heavy atom. The minimum Gasteiger partial charge on any atom is -0.316 e. The van der Waals surface area contributed by atoms with Gasteiger partial charge in [0.15, 0.2) is 0 Å². The van der Waals surface area contributed by atoms with Crippen LogP contribution in [0.2, 0.25) is 0 Å². The zero-order valence-electron chi connectivity index (χ0n) is 11.3. The zero-order valence-corrected chi connectivity index (χ0v) is 11.3. The number of hydrogen-bond donors (Lipinski definition) is 1. The standard InChI is InChI=1S/C16H25N/c1-3-11-16(13-17-4-2)12-7-9-14-8-5-6-10-15(14)16/h5-6,8,10,17H,3-4,7,9,11-13H2,1-2H3. The Labute approximate surface area is 106 Å². The lowest BCUT2D eigenvalue weighted by Gasteiger charge is -2.39. The molecular formula is C16H25N. The minimum atomic E-state index is 0.402. The third-order valence-electron chi connectivity index (χ3n) is 4.13. The van der Waals surface area contributed by atoms with Gasteiger partial charge in [-0.2, -0.15) is 0 Å². The van der Waals surface area contributed by atoms with E-state index >= 15 is 0 Å². The number of likely N-dealkylation sites (N-methyl/N-ethyl adjacent to an activating group) is 1. The van der Waals surface area contributed by atoms with Gasteiger partial charge in [-0.05, 0) is 43.4 Å². The fraction of sp³-hybridized carbons (Fsp3) is 0.625. The van der Waals surface area contributed by atoms with Crippen LogP contribution in [0, 0.1) is 0 Å². The number of aryl methyl sites for hydroxylation is 1. The summed E-state index contributed by atoms with van der Waals surface area (Å²) in [5.74, 6) is 0. The molecule has 1 aromatic rings. The van der Waals surface area contributed by atoms with Crippen LogP contribution >= 0.6 is 0 Å². The molecule has 1 nitrogen and oxygen atoms in total. The maximum absolute atomic E-state index is 3.58. The second kappa shape index (κ2) is 5.68. The molecule has 94 valence electrons. The van der Waals surface area contributed by atoms with E-state index in [0.717, 1.165) is 13.1 Å². The first kappa shape index (κ1) is 12.6. The third kappa shape index (κ3) is 2.55. The first-order valence-electron chi connectivity index (χ1n) is 7.11. The van der Waals surface area contributed by atoms with Gasteiger partial charge in [0.05, 0.1) is 0 Å². The van der Waals surface area contributed by atoms with Crippen LogP contribution in [0.4, 0.5) is 0 Å². The van der Waals surface area contributed by atoms with Crippen LogP contribution in [-0.2, 0) is 11.8 Å². The molecule has 2 rings (SSSR count). The highest BCUT2D eigenvalue weighted by Gasteiger charge is 2.34. The van der Waals surface area contributed by atoms with Crippen LogP contribution in [0.25, 0.3) is 0 Å². The van der Waals surface area contributed by atoms with Crippen LogP contribution in [0.3, 0.4) is 0 Å². The maximum Gasteiger partial charge on any atom is 0.00805 e. The highest BCUT2D eigenvalue weighted by molar-refractivity contribution is 5.37. The predicted molar refractivity (Wildman–Crippen MR) is 74.5 cm³/mol. The summed E-state index contributed by atoms with van der Waals surface area (Å²) in [4.78, 5) is 0. The van der Waals surface area contributed by atoms with Crippen molar-refractivity contribution in [3.8, 4) is 0 Å². The van der Waals surface area contributed by atoms with Gasteiger partial charge in [-0.25, -0.2) is 0 Å². The Morgan fingerprint density at radius 3 is 2.82 bits per heavy atom. The highest BCUT2D eigenvalue weighted by Crippen LogP contribution is 2.40. The lowest BCUT2D eigenvalue weighted by molar-refractivity contribution is 0.316. The molecule has 1 aliphatic carbocycles. The number of benzene rings is 1. The fourth-order valence-electron chi connectivity index (χ4n) is 3.38. The van der Waals surface area contributed by atoms with Gasteiger partial charge in [0.2, 0.25) is 0 Å². The molecule has 1 aromatic carbocycles. The monoisotopic (exact) mass is 231 g/mol. The van der Waals surface area contributed by atoms with E-state index in [0.29, 0.717) is 5.41 Å². The van der Waals surface area contributed by atoms with Crippen molar-refractivity contribution in [2.75, 3.05) is 13.1 Å². The SMILES string of the molecule is CCCC1(CNCC)CCCc2ccccc21. The van der Waals surface area contributed by atoms with Crippen LogP contribution in [0.5, 0.6) is 0 Å². The lowest BCUT2D eigenvalue weighted by atomic mass is 9.67. The molecule has 0 fully saturated rings. The first-order chi connectivity index (χ1) is 8.32. The Balaban J connectivity index is 2.32. The molecule has 1 atom stereocenters. The molecular weight excluding hydrogens is 206 g/mol. The van der Waals surface area contributed by atoms with E-state index in [9.17, 15) is 0 Å². The van der Waals surface area contributed by atoms with Crippen molar-refractivity contribution in [3.63, 3.8) is 0 Å². The summed E-state index contributed by atoms with van der Waals surface area (Å²) < 4.78 is 0. The molecule has 0 radical (unpaired) electrons. The van der Waals surface area contributed by atoms with Gasteiger partial charge in [-0.1, -0.05) is 44.5 Å². The average Bonchev–Trinajstić information content (AvgIpc) is 2.37. The van der Waals surface area contributed by atoms with Crippen molar-refractivity contribution in [2.45, 2.75) is 51.4 Å². The van der Waals surface area contributed by atoms with E-state index in [1.54, 1.807) is 11.1 Å². The lowest BCUT2D eigenvalue weighted by Crippen LogP contribution is -2.40. The van der Waals surface area contributed by atoms with E-state index in [-0.39, 0.29) is 0 Å². The highest BCUT2D eigenvalue weighted by atomic mass is 14.9. The number of hydrogen-bond acceptors (Lipinski definition) is 1. The van der Waals surface area contributed by atoms with Crippen molar-refractivity contribution in [1.29, 1.82) is 0 Å². The molecule has 1 N–H and O–H groups in total. The number of rotatable bonds is 5. The molecule has 1 heteroatoms. The molecule has 0 heterocycles. The van der Waals surface area contributed by atoms with Crippen molar-refractivity contribution >= 4 is 0 Å². The minimum absolute atomic E-state index is 0.402. The summed E-state index contributed by atoms with van der Waals surface area (Å²) in [6.45, 7) is 6.74. The molecule has 0 aliphatic heterocycles. The predicted octanol–water partition coefficient (Wildman–Crippen LogP) is 3.67. The Bertz CT molecular complexity index is 358. The van der Waals surface area contributed by atoms with E-state index in [1.165, 1.54) is 32.1 Å². The molecule has 0 bridgehead atoms. The summed E-state index contributed by atoms with van der Waals surface area (Å²) >= 11 is 0. The fourth-order valence-corrected chi connectivity index (χ4v) is 3.38. The maximum atomic E-state index is 3.58. The van der Waals surface area contributed by atoms with E-state index < -0.39 is 0 Å². The Morgan fingerprint density at radius 1 is 1.24 bits per heavy atom. The van der Waals surface area contributed by atoms with E-state index in [2.05, 4.69) is 43.4 Å². The topological polar surface area (TPSA) is 12.0 Å². The van der Waals surface area contributed by atoms with Gasteiger partial charge in [0.25, 0.3) is 0 Å². The van der Waals surface area contributed by atoms with Gasteiger partial charge in [0, 0.05) is 12.0 Å². The smallest absolute Gasteiger partial charge is 0.00805 e. The molecule has 0 amide bonds. The largest absolute Gasteiger partial charge is 0.316 e. The van der Waals surface area contributed by atoms with Crippen molar-refractivity contribution in [2.24, 2.45) is 0 Å². The summed E-state index contributed by atoms with van der Waals surface area (Å²) in [5, 5.41) is 3.58. The Hall–Kier alpha value is -0.820. The second-order valence-electron chi connectivity index (χ2n) is 5.32. The molecule has 0 saturated heterocycles. The van der Waals surface area contributed by atoms with E-state index in [1.807, 2.05) is 0 Å². The van der Waals surface area contributed by atoms with Crippen LogP contribution < -0.4 is 5.32 Å². The summed E-state index contributed by atoms with van der Waals surface area (Å²) in [5.41, 5.74) is 3.61. The third-order valence-corrected chi connectivity index (χ3v) is 4.13. The zero-order chi connectivity index (χ0) is 12.1. The van der Waals surface area contributed by atoms with Crippen LogP contribution in [0.1, 0.15) is 50.7 Å². The number of fused-ring (bicyclic) bond motifs is 1. The normalized spacial score (nSPS) is 23.4. The summed E-state index contributed by atoms with van der Waals surface area (Å²) in [6.07, 6.45) is 6.57. The molecule has 0 saturated carbocycles. The Kier molecular flexibility index (Phi) is 4.22. The van der Waals surface area contributed by atoms with Crippen LogP contribution in [0.15, 0.2) is 24.3 Å². The van der Waals surface area contributed by atoms with Gasteiger partial charge in [-0.15, -0.1) is 0 Å². The number of nitrogens with one attached hydrogen (secondary N) is 1.